The molecule has 0 amide bonds. The van der Waals surface area contributed by atoms with Crippen molar-refractivity contribution in [3.8, 4) is 5.69 Å². The molecule has 1 saturated heterocycles. The number of aliphatic hydroxyl groups is 1. The third kappa shape index (κ3) is 3.09. The lowest BCUT2D eigenvalue weighted by Crippen LogP contribution is -2.48. The molecule has 1 aromatic carbocycles. The van der Waals surface area contributed by atoms with Crippen molar-refractivity contribution in [2.24, 2.45) is 0 Å². The van der Waals surface area contributed by atoms with Crippen molar-refractivity contribution in [2.75, 3.05) is 24.7 Å². The van der Waals surface area contributed by atoms with Gasteiger partial charge in [0.2, 0.25) is 5.95 Å². The fourth-order valence-electron chi connectivity index (χ4n) is 3.32. The number of H-pyrrole nitrogens is 1. The third-order valence-corrected chi connectivity index (χ3v) is 4.54. The second-order valence-corrected chi connectivity index (χ2v) is 6.53. The molecular weight excluding hydrogens is 334 g/mol. The van der Waals surface area contributed by atoms with Gasteiger partial charge in [-0.1, -0.05) is 18.2 Å². The van der Waals surface area contributed by atoms with Crippen molar-refractivity contribution in [2.45, 2.75) is 25.5 Å². The molecule has 26 heavy (non-hydrogen) atoms. The first-order chi connectivity index (χ1) is 12.6. The van der Waals surface area contributed by atoms with Crippen LogP contribution in [0.25, 0.3) is 16.7 Å². The number of ether oxygens (including phenoxy) is 1. The number of nitrogens with one attached hydrogen (secondary N) is 1. The molecule has 136 valence electrons. The number of fused-ring (bicyclic) bond motifs is 1. The molecular formula is C18H21N5O3. The van der Waals surface area contributed by atoms with Gasteiger partial charge < -0.3 is 14.7 Å². The first-order valence-corrected chi connectivity index (χ1v) is 8.69. The molecule has 2 atom stereocenters. The largest absolute Gasteiger partial charge is 0.393 e. The lowest BCUT2D eigenvalue weighted by molar-refractivity contribution is 0.0714. The molecule has 0 spiro atoms. The van der Waals surface area contributed by atoms with E-state index in [2.05, 4.69) is 15.1 Å². The van der Waals surface area contributed by atoms with Gasteiger partial charge >= 0.3 is 0 Å². The highest BCUT2D eigenvalue weighted by atomic mass is 16.5. The molecule has 0 saturated carbocycles. The Morgan fingerprint density at radius 2 is 2.19 bits per heavy atom. The highest BCUT2D eigenvalue weighted by Gasteiger charge is 2.27. The zero-order valence-electron chi connectivity index (χ0n) is 14.5. The smallest absolute Gasteiger partial charge is 0.263 e. The number of para-hydroxylation sites is 1. The molecule has 2 aromatic heterocycles. The van der Waals surface area contributed by atoms with Gasteiger partial charge in [-0.15, -0.1) is 0 Å². The summed E-state index contributed by atoms with van der Waals surface area (Å²) in [5.74, 6) is 0.481. The predicted molar refractivity (Wildman–Crippen MR) is 97.7 cm³/mol. The van der Waals surface area contributed by atoms with Crippen LogP contribution in [0.4, 0.5) is 5.95 Å². The molecule has 0 radical (unpaired) electrons. The summed E-state index contributed by atoms with van der Waals surface area (Å²) < 4.78 is 7.21. The SMILES string of the molecule is CC(O)CC1COCCN1c1nc2c(cnn2-c2ccccc2)c(=O)[nH]1. The van der Waals surface area contributed by atoms with Crippen LogP contribution >= 0.6 is 0 Å². The van der Waals surface area contributed by atoms with E-state index < -0.39 is 6.10 Å². The average Bonchev–Trinajstić information content (AvgIpc) is 3.07. The quantitative estimate of drug-likeness (QED) is 0.727. The number of aromatic nitrogens is 4. The molecule has 4 rings (SSSR count). The van der Waals surface area contributed by atoms with E-state index in [1.807, 2.05) is 35.2 Å². The minimum absolute atomic E-state index is 0.0440. The summed E-state index contributed by atoms with van der Waals surface area (Å²) in [6, 6.07) is 9.54. The molecule has 3 aromatic rings. The van der Waals surface area contributed by atoms with Gasteiger partial charge in [0.15, 0.2) is 5.65 Å². The molecule has 0 aliphatic carbocycles. The van der Waals surface area contributed by atoms with Gasteiger partial charge in [-0.25, -0.2) is 4.68 Å². The zero-order chi connectivity index (χ0) is 18.1. The van der Waals surface area contributed by atoms with Crippen LogP contribution in [0, 0.1) is 0 Å². The number of benzene rings is 1. The van der Waals surface area contributed by atoms with Crippen LogP contribution in [-0.4, -0.2) is 56.8 Å². The summed E-state index contributed by atoms with van der Waals surface area (Å²) in [5.41, 5.74) is 1.13. The molecule has 2 unspecified atom stereocenters. The number of aromatic amines is 1. The maximum Gasteiger partial charge on any atom is 0.263 e. The summed E-state index contributed by atoms with van der Waals surface area (Å²) in [6.07, 6.45) is 1.61. The van der Waals surface area contributed by atoms with E-state index in [1.165, 1.54) is 6.20 Å². The molecule has 8 nitrogen and oxygen atoms in total. The van der Waals surface area contributed by atoms with Crippen LogP contribution in [0.1, 0.15) is 13.3 Å². The molecule has 0 bridgehead atoms. The summed E-state index contributed by atoms with van der Waals surface area (Å²) >= 11 is 0. The Labute approximate surface area is 150 Å². The molecule has 2 N–H and O–H groups in total. The van der Waals surface area contributed by atoms with Crippen molar-refractivity contribution < 1.29 is 9.84 Å². The molecule has 1 fully saturated rings. The predicted octanol–water partition coefficient (Wildman–Crippen LogP) is 1.08. The maximum atomic E-state index is 12.6. The topological polar surface area (TPSA) is 96.3 Å². The Morgan fingerprint density at radius 1 is 1.38 bits per heavy atom. The first-order valence-electron chi connectivity index (χ1n) is 8.69. The number of hydrogen-bond acceptors (Lipinski definition) is 6. The zero-order valence-corrected chi connectivity index (χ0v) is 14.5. The monoisotopic (exact) mass is 355 g/mol. The highest BCUT2D eigenvalue weighted by Crippen LogP contribution is 2.21. The first kappa shape index (κ1) is 16.7. The lowest BCUT2D eigenvalue weighted by atomic mass is 10.1. The van der Waals surface area contributed by atoms with E-state index in [1.54, 1.807) is 11.6 Å². The number of rotatable bonds is 4. The molecule has 1 aliphatic heterocycles. The van der Waals surface area contributed by atoms with Crippen LogP contribution in [0.15, 0.2) is 41.3 Å². The van der Waals surface area contributed by atoms with Gasteiger partial charge in [-0.3, -0.25) is 9.78 Å². The van der Waals surface area contributed by atoms with Gasteiger partial charge in [0.1, 0.15) is 5.39 Å². The minimum Gasteiger partial charge on any atom is -0.393 e. The van der Waals surface area contributed by atoms with Crippen molar-refractivity contribution in [1.29, 1.82) is 0 Å². The molecule has 3 heterocycles. The standard InChI is InChI=1S/C18H21N5O3/c1-12(24)9-14-11-26-8-7-22(14)18-20-16-15(17(25)21-18)10-19-23(16)13-5-3-2-4-6-13/h2-6,10,12,14,24H,7-9,11H2,1H3,(H,20,21,25). The van der Waals surface area contributed by atoms with E-state index in [0.717, 1.165) is 5.69 Å². The van der Waals surface area contributed by atoms with Gasteiger partial charge in [0, 0.05) is 6.54 Å². The number of anilines is 1. The van der Waals surface area contributed by atoms with Crippen molar-refractivity contribution in [3.05, 3.63) is 46.9 Å². The Hall–Kier alpha value is -2.71. The van der Waals surface area contributed by atoms with E-state index in [-0.39, 0.29) is 11.6 Å². The van der Waals surface area contributed by atoms with Gasteiger partial charge in [0.25, 0.3) is 5.56 Å². The van der Waals surface area contributed by atoms with Crippen LogP contribution in [0.2, 0.25) is 0 Å². The van der Waals surface area contributed by atoms with Gasteiger partial charge in [0.05, 0.1) is 37.2 Å². The summed E-state index contributed by atoms with van der Waals surface area (Å²) in [5, 5.41) is 14.5. The molecule has 1 aliphatic rings. The fourth-order valence-corrected chi connectivity index (χ4v) is 3.32. The Bertz CT molecular complexity index is 950. The summed E-state index contributed by atoms with van der Waals surface area (Å²) in [7, 11) is 0. The summed E-state index contributed by atoms with van der Waals surface area (Å²) in [4.78, 5) is 22.1. The van der Waals surface area contributed by atoms with E-state index in [0.29, 0.717) is 43.2 Å². The van der Waals surface area contributed by atoms with Crippen LogP contribution in [-0.2, 0) is 4.74 Å². The van der Waals surface area contributed by atoms with E-state index in [9.17, 15) is 9.90 Å². The Morgan fingerprint density at radius 3 is 2.96 bits per heavy atom. The second-order valence-electron chi connectivity index (χ2n) is 6.53. The lowest BCUT2D eigenvalue weighted by Gasteiger charge is -2.36. The van der Waals surface area contributed by atoms with Crippen molar-refractivity contribution >= 4 is 17.0 Å². The normalized spacial score (nSPS) is 19.0. The van der Waals surface area contributed by atoms with Crippen molar-refractivity contribution in [3.63, 3.8) is 0 Å². The number of nitrogens with zero attached hydrogens (tertiary/aromatic N) is 4. The maximum absolute atomic E-state index is 12.6. The van der Waals surface area contributed by atoms with E-state index >= 15 is 0 Å². The fraction of sp³-hybridized carbons (Fsp3) is 0.389. The Balaban J connectivity index is 1.79. The van der Waals surface area contributed by atoms with Gasteiger partial charge in [-0.05, 0) is 25.5 Å². The van der Waals surface area contributed by atoms with Crippen molar-refractivity contribution in [1.82, 2.24) is 19.7 Å². The van der Waals surface area contributed by atoms with Crippen LogP contribution in [0.5, 0.6) is 0 Å². The summed E-state index contributed by atoms with van der Waals surface area (Å²) in [6.45, 7) is 3.39. The second kappa shape index (κ2) is 6.89. The third-order valence-electron chi connectivity index (χ3n) is 4.54. The number of aliphatic hydroxyl groups excluding tert-OH is 1. The molecule has 8 heteroatoms. The van der Waals surface area contributed by atoms with E-state index in [4.69, 9.17) is 4.74 Å². The highest BCUT2D eigenvalue weighted by molar-refractivity contribution is 5.76. The minimum atomic E-state index is -0.463. The number of morpholine rings is 1. The Kier molecular flexibility index (Phi) is 4.44. The average molecular weight is 355 g/mol. The van der Waals surface area contributed by atoms with Crippen LogP contribution < -0.4 is 10.5 Å². The number of hydrogen-bond donors (Lipinski definition) is 2. The van der Waals surface area contributed by atoms with Gasteiger partial charge in [-0.2, -0.15) is 10.1 Å². The van der Waals surface area contributed by atoms with Crippen LogP contribution in [0.3, 0.4) is 0 Å².